The lowest BCUT2D eigenvalue weighted by Crippen LogP contribution is -3.14. The first kappa shape index (κ1) is 18.6. The number of aryl methyl sites for hydroxylation is 1. The molecule has 0 atom stereocenters. The molecule has 1 aliphatic heterocycles. The molecular weight excluding hydrogens is 330 g/mol. The van der Waals surface area contributed by atoms with Crippen molar-refractivity contribution in [3.8, 4) is 0 Å². The molecule has 0 amide bonds. The summed E-state index contributed by atoms with van der Waals surface area (Å²) in [4.78, 5) is 17.2. The van der Waals surface area contributed by atoms with Gasteiger partial charge in [0.1, 0.15) is 18.7 Å². The summed E-state index contributed by atoms with van der Waals surface area (Å²) in [6, 6.07) is 6.21. The maximum Gasteiger partial charge on any atom is 0.346 e. The Hall–Kier alpha value is -2.18. The van der Waals surface area contributed by atoms with Crippen LogP contribution in [0.15, 0.2) is 24.4 Å². The molecule has 0 aliphatic carbocycles. The molecule has 6 heteroatoms. The minimum absolute atomic E-state index is 0.298. The van der Waals surface area contributed by atoms with Crippen molar-refractivity contribution in [2.24, 2.45) is 0 Å². The summed E-state index contributed by atoms with van der Waals surface area (Å²) in [5.41, 5.74) is 3.58. The van der Waals surface area contributed by atoms with Crippen LogP contribution in [0, 0.1) is 6.92 Å². The van der Waals surface area contributed by atoms with Gasteiger partial charge in [0.2, 0.25) is 5.52 Å². The van der Waals surface area contributed by atoms with Gasteiger partial charge in [-0.05, 0) is 25.5 Å². The number of fused-ring (bicyclic) bond motifs is 1. The SMILES string of the molecule is CCOC(=O)c1c[nH+]c2ccc(C)cc2c1NCCC[NH+]1CCOCC1. The number of H-pyrrole nitrogens is 1. The smallest absolute Gasteiger partial charge is 0.346 e. The lowest BCUT2D eigenvalue weighted by atomic mass is 10.1. The zero-order valence-electron chi connectivity index (χ0n) is 15.7. The maximum absolute atomic E-state index is 12.4. The number of hydrogen-bond donors (Lipinski definition) is 2. The van der Waals surface area contributed by atoms with Crippen molar-refractivity contribution in [2.75, 3.05) is 51.3 Å². The molecule has 0 saturated carbocycles. The van der Waals surface area contributed by atoms with Crippen LogP contribution in [0.4, 0.5) is 5.69 Å². The van der Waals surface area contributed by atoms with Crippen molar-refractivity contribution < 1.29 is 24.2 Å². The average molecular weight is 359 g/mol. The highest BCUT2D eigenvalue weighted by Gasteiger charge is 2.20. The zero-order valence-corrected chi connectivity index (χ0v) is 15.7. The van der Waals surface area contributed by atoms with E-state index in [9.17, 15) is 4.79 Å². The highest BCUT2D eigenvalue weighted by atomic mass is 16.5. The summed E-state index contributed by atoms with van der Waals surface area (Å²) in [6.07, 6.45) is 2.79. The van der Waals surface area contributed by atoms with Gasteiger partial charge < -0.3 is 19.7 Å². The first-order valence-electron chi connectivity index (χ1n) is 9.46. The number of benzene rings is 1. The number of nitrogens with one attached hydrogen (secondary N) is 3. The van der Waals surface area contributed by atoms with Crippen LogP contribution in [0.3, 0.4) is 0 Å². The van der Waals surface area contributed by atoms with E-state index in [4.69, 9.17) is 9.47 Å². The summed E-state index contributed by atoms with van der Waals surface area (Å²) in [5, 5.41) is 4.52. The van der Waals surface area contributed by atoms with Crippen molar-refractivity contribution in [2.45, 2.75) is 20.3 Å². The molecule has 2 aromatic rings. The molecule has 0 bridgehead atoms. The third-order valence-corrected chi connectivity index (χ3v) is 4.79. The Balaban J connectivity index is 1.75. The molecule has 26 heavy (non-hydrogen) atoms. The minimum atomic E-state index is -0.298. The minimum Gasteiger partial charge on any atom is -0.462 e. The summed E-state index contributed by atoms with van der Waals surface area (Å²) >= 11 is 0. The molecule has 6 nitrogen and oxygen atoms in total. The van der Waals surface area contributed by atoms with E-state index in [0.29, 0.717) is 12.2 Å². The fourth-order valence-corrected chi connectivity index (χ4v) is 3.38. The highest BCUT2D eigenvalue weighted by molar-refractivity contribution is 6.03. The number of hydrogen-bond acceptors (Lipinski definition) is 4. The maximum atomic E-state index is 12.4. The topological polar surface area (TPSA) is 66.1 Å². The summed E-state index contributed by atoms with van der Waals surface area (Å²) < 4.78 is 10.6. The van der Waals surface area contributed by atoms with E-state index in [1.54, 1.807) is 11.1 Å². The Morgan fingerprint density at radius 2 is 2.15 bits per heavy atom. The Morgan fingerprint density at radius 3 is 2.92 bits per heavy atom. The lowest BCUT2D eigenvalue weighted by molar-refractivity contribution is -0.908. The van der Waals surface area contributed by atoms with Gasteiger partial charge in [0.15, 0.2) is 6.20 Å². The van der Waals surface area contributed by atoms with Crippen LogP contribution in [-0.2, 0) is 9.47 Å². The molecule has 3 rings (SSSR count). The summed E-state index contributed by atoms with van der Waals surface area (Å²) in [7, 11) is 0. The Bertz CT molecular complexity index is 757. The average Bonchev–Trinajstić information content (AvgIpc) is 2.66. The second kappa shape index (κ2) is 8.96. The molecule has 0 spiro atoms. The largest absolute Gasteiger partial charge is 0.462 e. The molecule has 0 radical (unpaired) electrons. The number of aromatic nitrogens is 1. The van der Waals surface area contributed by atoms with Gasteiger partial charge in [0.25, 0.3) is 0 Å². The molecule has 1 saturated heterocycles. The highest BCUT2D eigenvalue weighted by Crippen LogP contribution is 2.26. The molecule has 3 N–H and O–H groups in total. The van der Waals surface area contributed by atoms with E-state index in [1.807, 2.05) is 13.0 Å². The van der Waals surface area contributed by atoms with E-state index >= 15 is 0 Å². The molecule has 140 valence electrons. The number of rotatable bonds is 7. The van der Waals surface area contributed by atoms with Crippen LogP contribution in [0.5, 0.6) is 0 Å². The fourth-order valence-electron chi connectivity index (χ4n) is 3.38. The number of esters is 1. The molecule has 1 aromatic heterocycles. The number of pyridine rings is 1. The van der Waals surface area contributed by atoms with Gasteiger partial charge in [-0.25, -0.2) is 9.78 Å². The number of carbonyl (C=O) groups excluding carboxylic acids is 1. The number of anilines is 1. The van der Waals surface area contributed by atoms with Crippen LogP contribution < -0.4 is 15.2 Å². The number of ether oxygens (including phenoxy) is 2. The second-order valence-electron chi connectivity index (χ2n) is 6.74. The van der Waals surface area contributed by atoms with E-state index in [2.05, 4.69) is 29.4 Å². The van der Waals surface area contributed by atoms with Crippen LogP contribution in [0.1, 0.15) is 29.3 Å². The van der Waals surface area contributed by atoms with Gasteiger partial charge in [-0.1, -0.05) is 6.07 Å². The molecular formula is C20H29N3O3+2. The van der Waals surface area contributed by atoms with E-state index in [1.165, 1.54) is 0 Å². The van der Waals surface area contributed by atoms with E-state index in [0.717, 1.165) is 68.0 Å². The number of morpholine rings is 1. The zero-order chi connectivity index (χ0) is 18.4. The van der Waals surface area contributed by atoms with Gasteiger partial charge in [-0.15, -0.1) is 0 Å². The summed E-state index contributed by atoms with van der Waals surface area (Å²) in [6.45, 7) is 10.1. The monoisotopic (exact) mass is 359 g/mol. The molecule has 1 aliphatic rings. The quantitative estimate of drug-likeness (QED) is 0.568. The van der Waals surface area contributed by atoms with Gasteiger partial charge >= 0.3 is 5.97 Å². The summed E-state index contributed by atoms with van der Waals surface area (Å²) in [5.74, 6) is -0.298. The van der Waals surface area contributed by atoms with Crippen molar-refractivity contribution in [1.29, 1.82) is 0 Å². The van der Waals surface area contributed by atoms with E-state index in [-0.39, 0.29) is 5.97 Å². The molecule has 1 fully saturated rings. The number of quaternary nitrogens is 1. The predicted molar refractivity (Wildman–Crippen MR) is 101 cm³/mol. The fraction of sp³-hybridized carbons (Fsp3) is 0.500. The molecule has 2 heterocycles. The number of aromatic amines is 1. The van der Waals surface area contributed by atoms with Crippen molar-refractivity contribution in [3.05, 3.63) is 35.5 Å². The Labute approximate surface area is 154 Å². The number of carbonyl (C=O) groups is 1. The predicted octanol–water partition coefficient (Wildman–Crippen LogP) is 0.856. The molecule has 0 unspecified atom stereocenters. The second-order valence-corrected chi connectivity index (χ2v) is 6.74. The van der Waals surface area contributed by atoms with Gasteiger partial charge in [-0.3, -0.25) is 0 Å². The first-order valence-corrected chi connectivity index (χ1v) is 9.46. The van der Waals surface area contributed by atoms with Gasteiger partial charge in [-0.2, -0.15) is 0 Å². The first-order chi connectivity index (χ1) is 12.7. The third kappa shape index (κ3) is 4.51. The van der Waals surface area contributed by atoms with Crippen molar-refractivity contribution in [1.82, 2.24) is 0 Å². The van der Waals surface area contributed by atoms with Gasteiger partial charge in [0.05, 0.1) is 37.4 Å². The van der Waals surface area contributed by atoms with Gasteiger partial charge in [0, 0.05) is 19.0 Å². The van der Waals surface area contributed by atoms with Crippen molar-refractivity contribution >= 4 is 22.6 Å². The standard InChI is InChI=1S/C20H27N3O3/c1-3-26-20(24)17-14-22-18-6-5-15(2)13-16(18)19(17)21-7-4-8-23-9-11-25-12-10-23/h5-6,13-14H,3-4,7-12H2,1-2H3,(H,21,22)/p+2. The third-order valence-electron chi connectivity index (χ3n) is 4.79. The normalized spacial score (nSPS) is 15.2. The molecule has 1 aromatic carbocycles. The van der Waals surface area contributed by atoms with Crippen LogP contribution in [0.2, 0.25) is 0 Å². The lowest BCUT2D eigenvalue weighted by Gasteiger charge is -2.23. The van der Waals surface area contributed by atoms with Crippen LogP contribution in [-0.4, -0.2) is 52.0 Å². The Morgan fingerprint density at radius 1 is 1.35 bits per heavy atom. The van der Waals surface area contributed by atoms with Crippen LogP contribution in [0.25, 0.3) is 10.9 Å². The Kier molecular flexibility index (Phi) is 6.41. The van der Waals surface area contributed by atoms with Crippen molar-refractivity contribution in [3.63, 3.8) is 0 Å². The van der Waals surface area contributed by atoms with Crippen LogP contribution >= 0.6 is 0 Å². The van der Waals surface area contributed by atoms with E-state index < -0.39 is 0 Å².